The third-order valence-corrected chi connectivity index (χ3v) is 4.64. The van der Waals surface area contributed by atoms with E-state index in [1.807, 2.05) is 48.9 Å². The number of aryl methyl sites for hydroxylation is 1. The van der Waals surface area contributed by atoms with Crippen LogP contribution in [0.3, 0.4) is 0 Å². The van der Waals surface area contributed by atoms with E-state index in [2.05, 4.69) is 10.2 Å². The first kappa shape index (κ1) is 16.0. The molecule has 0 aliphatic heterocycles. The van der Waals surface area contributed by atoms with Crippen LogP contribution in [-0.4, -0.2) is 27.1 Å². The standard InChI is InChI=1S/C16H16ClN3O2S/c1-11-12(7-8-21-11)15-18-19-16(20(15)2)23-10-9-22-14-6-4-3-5-13(14)17/h3-8H,9-10H2,1-2H3. The van der Waals surface area contributed by atoms with Crippen molar-refractivity contribution in [2.45, 2.75) is 12.1 Å². The minimum Gasteiger partial charge on any atom is -0.491 e. The van der Waals surface area contributed by atoms with Crippen LogP contribution in [0.25, 0.3) is 11.4 Å². The number of nitrogens with zero attached hydrogens (tertiary/aromatic N) is 3. The zero-order chi connectivity index (χ0) is 16.2. The van der Waals surface area contributed by atoms with E-state index in [1.165, 1.54) is 0 Å². The maximum atomic E-state index is 6.05. The first-order valence-electron chi connectivity index (χ1n) is 7.11. The van der Waals surface area contributed by atoms with Crippen LogP contribution in [-0.2, 0) is 7.05 Å². The average molecular weight is 350 g/mol. The lowest BCUT2D eigenvalue weighted by Crippen LogP contribution is -2.02. The van der Waals surface area contributed by atoms with Gasteiger partial charge in [-0.3, -0.25) is 0 Å². The Bertz CT molecular complexity index is 800. The van der Waals surface area contributed by atoms with Gasteiger partial charge in [-0.2, -0.15) is 0 Å². The maximum Gasteiger partial charge on any atom is 0.191 e. The topological polar surface area (TPSA) is 53.1 Å². The van der Waals surface area contributed by atoms with Gasteiger partial charge in [-0.25, -0.2) is 0 Å². The molecule has 7 heteroatoms. The van der Waals surface area contributed by atoms with Crippen molar-refractivity contribution < 1.29 is 9.15 Å². The van der Waals surface area contributed by atoms with Gasteiger partial charge in [-0.05, 0) is 25.1 Å². The molecule has 0 aliphatic rings. The molecule has 0 saturated carbocycles. The number of aromatic nitrogens is 3. The van der Waals surface area contributed by atoms with Crippen molar-refractivity contribution in [1.29, 1.82) is 0 Å². The summed E-state index contributed by atoms with van der Waals surface area (Å²) in [4.78, 5) is 0. The van der Waals surface area contributed by atoms with Gasteiger partial charge in [-0.15, -0.1) is 10.2 Å². The third-order valence-electron chi connectivity index (χ3n) is 3.34. The van der Waals surface area contributed by atoms with Crippen molar-refractivity contribution in [3.63, 3.8) is 0 Å². The number of hydrogen-bond donors (Lipinski definition) is 0. The van der Waals surface area contributed by atoms with Crippen LogP contribution < -0.4 is 4.74 Å². The van der Waals surface area contributed by atoms with Crippen LogP contribution in [0.2, 0.25) is 5.02 Å². The average Bonchev–Trinajstić information content (AvgIpc) is 3.11. The summed E-state index contributed by atoms with van der Waals surface area (Å²) in [7, 11) is 1.94. The van der Waals surface area contributed by atoms with Crippen LogP contribution >= 0.6 is 23.4 Å². The molecule has 0 atom stereocenters. The largest absolute Gasteiger partial charge is 0.491 e. The van der Waals surface area contributed by atoms with Crippen LogP contribution in [0.1, 0.15) is 5.76 Å². The van der Waals surface area contributed by atoms with E-state index in [1.54, 1.807) is 18.0 Å². The molecule has 0 amide bonds. The number of halogens is 1. The van der Waals surface area contributed by atoms with E-state index in [0.717, 1.165) is 28.1 Å². The summed E-state index contributed by atoms with van der Waals surface area (Å²) in [5.41, 5.74) is 0.958. The highest BCUT2D eigenvalue weighted by atomic mass is 35.5. The Hall–Kier alpha value is -1.92. The van der Waals surface area contributed by atoms with E-state index in [9.17, 15) is 0 Å². The first-order valence-corrected chi connectivity index (χ1v) is 8.47. The van der Waals surface area contributed by atoms with E-state index in [4.69, 9.17) is 20.8 Å². The van der Waals surface area contributed by atoms with Crippen molar-refractivity contribution in [1.82, 2.24) is 14.8 Å². The third kappa shape index (κ3) is 3.54. The van der Waals surface area contributed by atoms with E-state index < -0.39 is 0 Å². The smallest absolute Gasteiger partial charge is 0.191 e. The van der Waals surface area contributed by atoms with Crippen LogP contribution in [0.4, 0.5) is 0 Å². The van der Waals surface area contributed by atoms with Crippen molar-refractivity contribution >= 4 is 23.4 Å². The highest BCUT2D eigenvalue weighted by Gasteiger charge is 2.14. The molecule has 0 spiro atoms. The minimum absolute atomic E-state index is 0.543. The zero-order valence-electron chi connectivity index (χ0n) is 12.8. The van der Waals surface area contributed by atoms with Crippen molar-refractivity contribution in [3.05, 3.63) is 47.4 Å². The highest BCUT2D eigenvalue weighted by Crippen LogP contribution is 2.26. The Morgan fingerprint density at radius 2 is 2.09 bits per heavy atom. The second kappa shape index (κ2) is 7.10. The van der Waals surface area contributed by atoms with Crippen molar-refractivity contribution in [2.24, 2.45) is 7.05 Å². The lowest BCUT2D eigenvalue weighted by Gasteiger charge is -2.07. The molecule has 120 valence electrons. The van der Waals surface area contributed by atoms with E-state index in [0.29, 0.717) is 17.4 Å². The molecule has 1 aromatic carbocycles. The van der Waals surface area contributed by atoms with Crippen molar-refractivity contribution in [2.75, 3.05) is 12.4 Å². The summed E-state index contributed by atoms with van der Waals surface area (Å²) >= 11 is 7.64. The molecule has 2 heterocycles. The van der Waals surface area contributed by atoms with Gasteiger partial charge in [0, 0.05) is 12.8 Å². The predicted octanol–water partition coefficient (Wildman–Crippen LogP) is 4.21. The fourth-order valence-corrected chi connectivity index (χ4v) is 3.06. The van der Waals surface area contributed by atoms with Gasteiger partial charge in [0.05, 0.1) is 23.5 Å². The highest BCUT2D eigenvalue weighted by molar-refractivity contribution is 7.99. The van der Waals surface area contributed by atoms with Crippen molar-refractivity contribution in [3.8, 4) is 17.1 Å². The Balaban J connectivity index is 1.58. The van der Waals surface area contributed by atoms with Crippen LogP contribution in [0, 0.1) is 6.92 Å². The molecule has 0 radical (unpaired) electrons. The SMILES string of the molecule is Cc1occc1-c1nnc(SCCOc2ccccc2Cl)n1C. The molecule has 23 heavy (non-hydrogen) atoms. The second-order valence-corrected chi connectivity index (χ2v) is 6.35. The summed E-state index contributed by atoms with van der Waals surface area (Å²) in [6.45, 7) is 2.45. The van der Waals surface area contributed by atoms with Gasteiger partial charge in [0.2, 0.25) is 0 Å². The maximum absolute atomic E-state index is 6.05. The summed E-state index contributed by atoms with van der Waals surface area (Å²) in [5.74, 6) is 3.08. The fraction of sp³-hybridized carbons (Fsp3) is 0.250. The molecule has 3 aromatic rings. The number of rotatable bonds is 6. The number of benzene rings is 1. The molecule has 0 fully saturated rings. The van der Waals surface area contributed by atoms with Gasteiger partial charge < -0.3 is 13.7 Å². The molecular weight excluding hydrogens is 334 g/mol. The van der Waals surface area contributed by atoms with E-state index >= 15 is 0 Å². The lowest BCUT2D eigenvalue weighted by molar-refractivity contribution is 0.344. The van der Waals surface area contributed by atoms with Gasteiger partial charge >= 0.3 is 0 Å². The molecule has 3 rings (SSSR count). The summed E-state index contributed by atoms with van der Waals surface area (Å²) in [6.07, 6.45) is 1.66. The number of furan rings is 1. The first-order chi connectivity index (χ1) is 11.2. The van der Waals surface area contributed by atoms with Gasteiger partial charge in [0.1, 0.15) is 11.5 Å². The number of ether oxygens (including phenoxy) is 1. The Kier molecular flexibility index (Phi) is 4.93. The molecule has 5 nitrogen and oxygen atoms in total. The Morgan fingerprint density at radius 1 is 1.26 bits per heavy atom. The number of hydrogen-bond acceptors (Lipinski definition) is 5. The molecule has 0 saturated heterocycles. The summed E-state index contributed by atoms with van der Waals surface area (Å²) in [5, 5.41) is 9.92. The molecule has 0 N–H and O–H groups in total. The molecule has 0 aliphatic carbocycles. The molecule has 0 bridgehead atoms. The number of thioether (sulfide) groups is 1. The molecule has 0 unspecified atom stereocenters. The minimum atomic E-state index is 0.543. The fourth-order valence-electron chi connectivity index (χ4n) is 2.14. The molecular formula is C16H16ClN3O2S. The van der Waals surface area contributed by atoms with Crippen LogP contribution in [0.5, 0.6) is 5.75 Å². The number of para-hydroxylation sites is 1. The van der Waals surface area contributed by atoms with Gasteiger partial charge in [0.15, 0.2) is 11.0 Å². The van der Waals surface area contributed by atoms with E-state index in [-0.39, 0.29) is 0 Å². The normalized spacial score (nSPS) is 10.9. The van der Waals surface area contributed by atoms with Gasteiger partial charge in [0.25, 0.3) is 0 Å². The van der Waals surface area contributed by atoms with Gasteiger partial charge in [-0.1, -0.05) is 35.5 Å². The second-order valence-electron chi connectivity index (χ2n) is 4.88. The zero-order valence-corrected chi connectivity index (χ0v) is 14.4. The summed E-state index contributed by atoms with van der Waals surface area (Å²) in [6, 6.07) is 9.34. The molecule has 2 aromatic heterocycles. The monoisotopic (exact) mass is 349 g/mol. The van der Waals surface area contributed by atoms with Crippen LogP contribution in [0.15, 0.2) is 46.2 Å². The lowest BCUT2D eigenvalue weighted by atomic mass is 10.2. The summed E-state index contributed by atoms with van der Waals surface area (Å²) < 4.78 is 12.9. The predicted molar refractivity (Wildman–Crippen MR) is 91.1 cm³/mol. The quantitative estimate of drug-likeness (QED) is 0.493. The Labute approximate surface area is 143 Å². The Morgan fingerprint density at radius 3 is 2.83 bits per heavy atom.